The third kappa shape index (κ3) is 7.38. The first-order valence-corrected chi connectivity index (χ1v) is 3.88. The summed E-state index contributed by atoms with van der Waals surface area (Å²) < 4.78 is -0.889. The minimum absolute atomic E-state index is 0.338. The van der Waals surface area contributed by atoms with Crippen LogP contribution in [0.2, 0.25) is 0 Å². The highest BCUT2D eigenvalue weighted by Crippen LogP contribution is 2.08. The standard InChI is InChI=1S/C7H8O.CCl2O/c1-6-3-2-4-7(8)5-6;2-1(3)4/h2-5,8H,1H3;. The quantitative estimate of drug-likeness (QED) is 0.662. The zero-order valence-corrected chi connectivity index (χ0v) is 7.93. The van der Waals surface area contributed by atoms with Crippen LogP contribution in [-0.4, -0.2) is 9.81 Å². The Morgan fingerprint density at radius 2 is 1.92 bits per heavy atom. The summed E-state index contributed by atoms with van der Waals surface area (Å²) in [6.07, 6.45) is 0. The molecule has 0 spiro atoms. The highest BCUT2D eigenvalue weighted by molar-refractivity contribution is 6.93. The van der Waals surface area contributed by atoms with E-state index >= 15 is 0 Å². The van der Waals surface area contributed by atoms with E-state index in [9.17, 15) is 0 Å². The van der Waals surface area contributed by atoms with Gasteiger partial charge < -0.3 is 5.11 Å². The second-order valence-corrected chi connectivity index (χ2v) is 2.94. The van der Waals surface area contributed by atoms with Crippen molar-refractivity contribution in [2.24, 2.45) is 0 Å². The molecule has 0 fully saturated rings. The highest BCUT2D eigenvalue weighted by atomic mass is 35.5. The van der Waals surface area contributed by atoms with Crippen LogP contribution in [0, 0.1) is 6.92 Å². The molecule has 0 atom stereocenters. The average Bonchev–Trinajstić information content (AvgIpc) is 1.84. The number of aromatic hydroxyl groups is 1. The minimum Gasteiger partial charge on any atom is -0.508 e. The van der Waals surface area contributed by atoms with E-state index in [1.54, 1.807) is 12.1 Å². The molecule has 2 nitrogen and oxygen atoms in total. The Labute approximate surface area is 80.7 Å². The summed E-state index contributed by atoms with van der Waals surface area (Å²) in [5, 5.41) is 8.81. The van der Waals surface area contributed by atoms with Crippen LogP contribution in [0.1, 0.15) is 5.56 Å². The number of aryl methyl sites for hydroxylation is 1. The topological polar surface area (TPSA) is 37.3 Å². The first kappa shape index (κ1) is 11.3. The predicted molar refractivity (Wildman–Crippen MR) is 49.9 cm³/mol. The predicted octanol–water partition coefficient (Wildman–Crippen LogP) is 3.28. The molecule has 1 rings (SSSR count). The molecule has 1 N–H and O–H groups in total. The smallest absolute Gasteiger partial charge is 0.313 e. The van der Waals surface area contributed by atoms with Gasteiger partial charge in [0, 0.05) is 0 Å². The van der Waals surface area contributed by atoms with Gasteiger partial charge in [-0.2, -0.15) is 0 Å². The molecule has 0 saturated heterocycles. The zero-order chi connectivity index (χ0) is 9.56. The first-order chi connectivity index (χ1) is 5.52. The maximum absolute atomic E-state index is 8.98. The van der Waals surface area contributed by atoms with E-state index in [0.29, 0.717) is 5.75 Å². The molecular weight excluding hydrogens is 199 g/mol. The van der Waals surface area contributed by atoms with E-state index in [1.807, 2.05) is 19.1 Å². The lowest BCUT2D eigenvalue weighted by atomic mass is 10.2. The molecule has 0 heterocycles. The van der Waals surface area contributed by atoms with Crippen LogP contribution in [0.3, 0.4) is 0 Å². The van der Waals surface area contributed by atoms with Gasteiger partial charge in [-0.15, -0.1) is 0 Å². The highest BCUT2D eigenvalue weighted by Gasteiger charge is 1.83. The number of benzene rings is 1. The molecule has 66 valence electrons. The molecule has 0 aliphatic heterocycles. The summed E-state index contributed by atoms with van der Waals surface area (Å²) in [6, 6.07) is 7.15. The lowest BCUT2D eigenvalue weighted by Crippen LogP contribution is -1.66. The Kier molecular flexibility index (Phi) is 5.51. The zero-order valence-electron chi connectivity index (χ0n) is 6.42. The Bertz CT molecular complexity index is 240. The van der Waals surface area contributed by atoms with Gasteiger partial charge in [0.25, 0.3) is 0 Å². The molecule has 0 aliphatic rings. The molecule has 0 amide bonds. The van der Waals surface area contributed by atoms with Crippen LogP contribution < -0.4 is 0 Å². The van der Waals surface area contributed by atoms with Gasteiger partial charge in [0.05, 0.1) is 0 Å². The van der Waals surface area contributed by atoms with Crippen LogP contribution in [0.15, 0.2) is 24.3 Å². The number of carbonyl (C=O) groups is 1. The Morgan fingerprint density at radius 1 is 1.42 bits per heavy atom. The molecular formula is C8H8Cl2O2. The number of phenolic OH excluding ortho intramolecular Hbond substituents is 1. The second-order valence-electron chi connectivity index (χ2n) is 2.06. The van der Waals surface area contributed by atoms with Crippen molar-refractivity contribution in [2.75, 3.05) is 0 Å². The van der Waals surface area contributed by atoms with Crippen molar-refractivity contribution in [3.63, 3.8) is 0 Å². The van der Waals surface area contributed by atoms with E-state index in [1.165, 1.54) is 0 Å². The van der Waals surface area contributed by atoms with Crippen LogP contribution in [0.25, 0.3) is 0 Å². The number of hydrogen-bond acceptors (Lipinski definition) is 2. The van der Waals surface area contributed by atoms with Crippen molar-refractivity contribution in [1.29, 1.82) is 0 Å². The lowest BCUT2D eigenvalue weighted by molar-refractivity contribution is 0.275. The Balaban J connectivity index is 0.000000261. The third-order valence-corrected chi connectivity index (χ3v) is 1.00. The van der Waals surface area contributed by atoms with E-state index in [2.05, 4.69) is 23.2 Å². The van der Waals surface area contributed by atoms with Crippen LogP contribution >= 0.6 is 23.2 Å². The summed E-state index contributed by atoms with van der Waals surface area (Å²) in [7, 11) is 0. The maximum atomic E-state index is 8.98. The molecule has 0 saturated carbocycles. The van der Waals surface area contributed by atoms with E-state index in [-0.39, 0.29) is 0 Å². The van der Waals surface area contributed by atoms with Crippen molar-refractivity contribution in [2.45, 2.75) is 6.92 Å². The van der Waals surface area contributed by atoms with E-state index in [0.717, 1.165) is 5.56 Å². The summed E-state index contributed by atoms with van der Waals surface area (Å²) in [6.45, 7) is 1.94. The van der Waals surface area contributed by atoms with Gasteiger partial charge in [-0.1, -0.05) is 12.1 Å². The number of rotatable bonds is 0. The van der Waals surface area contributed by atoms with Gasteiger partial charge in [-0.25, -0.2) is 0 Å². The monoisotopic (exact) mass is 206 g/mol. The number of carbonyl (C=O) groups excluding carboxylic acids is 1. The summed E-state index contributed by atoms with van der Waals surface area (Å²) >= 11 is 8.80. The van der Waals surface area contributed by atoms with Gasteiger partial charge in [0.2, 0.25) is 0 Å². The lowest BCUT2D eigenvalue weighted by Gasteiger charge is -1.89. The second kappa shape index (κ2) is 5.86. The molecule has 1 aromatic rings. The van der Waals surface area contributed by atoms with Crippen molar-refractivity contribution in [3.8, 4) is 5.75 Å². The summed E-state index contributed by atoms with van der Waals surface area (Å²) in [5.41, 5.74) is 1.09. The number of hydrogen-bond donors (Lipinski definition) is 1. The SMILES string of the molecule is Cc1cccc(O)c1.O=C(Cl)Cl. The van der Waals surface area contributed by atoms with Gasteiger partial charge in [-0.3, -0.25) is 4.79 Å². The van der Waals surface area contributed by atoms with Gasteiger partial charge in [0.1, 0.15) is 5.75 Å². The van der Waals surface area contributed by atoms with Crippen molar-refractivity contribution >= 4 is 27.9 Å². The summed E-state index contributed by atoms with van der Waals surface area (Å²) in [5.74, 6) is 0.338. The minimum atomic E-state index is -0.889. The Morgan fingerprint density at radius 3 is 2.17 bits per heavy atom. The average molecular weight is 207 g/mol. The number of phenols is 1. The fourth-order valence-electron chi connectivity index (χ4n) is 0.628. The molecule has 4 heteroatoms. The van der Waals surface area contributed by atoms with Crippen LogP contribution in [0.4, 0.5) is 4.79 Å². The normalized spacial score (nSPS) is 8.25. The number of halogens is 2. The molecule has 0 unspecified atom stereocenters. The van der Waals surface area contributed by atoms with Crippen LogP contribution in [0.5, 0.6) is 5.75 Å². The van der Waals surface area contributed by atoms with E-state index < -0.39 is 4.70 Å². The fourth-order valence-corrected chi connectivity index (χ4v) is 0.628. The van der Waals surface area contributed by atoms with Crippen molar-refractivity contribution in [3.05, 3.63) is 29.8 Å². The summed E-state index contributed by atoms with van der Waals surface area (Å²) in [4.78, 5) is 8.98. The molecule has 12 heavy (non-hydrogen) atoms. The maximum Gasteiger partial charge on any atom is 0.313 e. The molecule has 0 radical (unpaired) electrons. The molecule has 1 aromatic carbocycles. The third-order valence-electron chi connectivity index (χ3n) is 1.00. The Hall–Kier alpha value is -0.730. The fraction of sp³-hybridized carbons (Fsp3) is 0.125. The molecule has 0 aromatic heterocycles. The van der Waals surface area contributed by atoms with Crippen LogP contribution in [-0.2, 0) is 0 Å². The molecule has 0 bridgehead atoms. The van der Waals surface area contributed by atoms with Gasteiger partial charge >= 0.3 is 4.70 Å². The molecule has 0 aliphatic carbocycles. The van der Waals surface area contributed by atoms with Gasteiger partial charge in [-0.05, 0) is 47.8 Å². The van der Waals surface area contributed by atoms with Crippen molar-refractivity contribution < 1.29 is 9.90 Å². The van der Waals surface area contributed by atoms with Crippen molar-refractivity contribution in [1.82, 2.24) is 0 Å². The van der Waals surface area contributed by atoms with Gasteiger partial charge in [0.15, 0.2) is 0 Å². The largest absolute Gasteiger partial charge is 0.508 e. The first-order valence-electron chi connectivity index (χ1n) is 3.13. The van der Waals surface area contributed by atoms with E-state index in [4.69, 9.17) is 9.90 Å².